The first-order chi connectivity index (χ1) is 9.40. The summed E-state index contributed by atoms with van der Waals surface area (Å²) in [5.74, 6) is -1.17. The van der Waals surface area contributed by atoms with E-state index in [-0.39, 0.29) is 11.4 Å². The average Bonchev–Trinajstić information content (AvgIpc) is 2.40. The van der Waals surface area contributed by atoms with Crippen molar-refractivity contribution in [1.82, 2.24) is 4.72 Å². The van der Waals surface area contributed by atoms with Crippen LogP contribution in [0.15, 0.2) is 47.4 Å². The van der Waals surface area contributed by atoms with Crippen molar-refractivity contribution in [2.24, 2.45) is 0 Å². The molecule has 20 heavy (non-hydrogen) atoms. The lowest BCUT2D eigenvalue weighted by atomic mass is 10.2. The lowest BCUT2D eigenvalue weighted by Gasteiger charge is -2.09. The zero-order valence-electron chi connectivity index (χ0n) is 10.2. The fourth-order valence-corrected chi connectivity index (χ4v) is 2.97. The summed E-state index contributed by atoms with van der Waals surface area (Å²) in [4.78, 5) is -0.375. The van der Waals surface area contributed by atoms with Crippen molar-refractivity contribution in [3.63, 3.8) is 0 Å². The van der Waals surface area contributed by atoms with Crippen LogP contribution < -0.4 is 4.72 Å². The van der Waals surface area contributed by atoms with Gasteiger partial charge in [0.25, 0.3) is 0 Å². The standard InChI is InChI=1S/C13H12ClNO4S/c14-10-4-1-3-9(7-10)8-15-20(18,19)12-6-2-5-11(16)13(12)17/h1-7,15-17H,8H2. The number of nitrogens with one attached hydrogen (secondary N) is 1. The quantitative estimate of drug-likeness (QED) is 0.755. The second kappa shape index (κ2) is 5.70. The van der Waals surface area contributed by atoms with Gasteiger partial charge in [-0.3, -0.25) is 0 Å². The molecule has 7 heteroatoms. The first kappa shape index (κ1) is 14.6. The van der Waals surface area contributed by atoms with Gasteiger partial charge in [0.2, 0.25) is 10.0 Å². The van der Waals surface area contributed by atoms with E-state index in [0.29, 0.717) is 10.6 Å². The minimum absolute atomic E-state index is 0.0258. The maximum atomic E-state index is 12.0. The van der Waals surface area contributed by atoms with Gasteiger partial charge in [0.15, 0.2) is 11.5 Å². The predicted octanol–water partition coefficient (Wildman–Crippen LogP) is 2.23. The molecule has 2 aromatic rings. The lowest BCUT2D eigenvalue weighted by molar-refractivity contribution is 0.393. The van der Waals surface area contributed by atoms with Gasteiger partial charge in [0.05, 0.1) is 0 Å². The van der Waals surface area contributed by atoms with Crippen LogP contribution in [0.3, 0.4) is 0 Å². The molecule has 0 spiro atoms. The van der Waals surface area contributed by atoms with E-state index in [1.54, 1.807) is 24.3 Å². The van der Waals surface area contributed by atoms with Crippen molar-refractivity contribution in [1.29, 1.82) is 0 Å². The number of hydrogen-bond acceptors (Lipinski definition) is 4. The largest absolute Gasteiger partial charge is 0.504 e. The molecule has 0 saturated carbocycles. The summed E-state index contributed by atoms with van der Waals surface area (Å²) >= 11 is 5.81. The molecule has 106 valence electrons. The predicted molar refractivity (Wildman–Crippen MR) is 75.2 cm³/mol. The van der Waals surface area contributed by atoms with Gasteiger partial charge in [-0.15, -0.1) is 0 Å². The highest BCUT2D eigenvalue weighted by Crippen LogP contribution is 2.31. The van der Waals surface area contributed by atoms with Crippen LogP contribution in [0, 0.1) is 0 Å². The van der Waals surface area contributed by atoms with Crippen LogP contribution in [0.1, 0.15) is 5.56 Å². The molecule has 2 aromatic carbocycles. The van der Waals surface area contributed by atoms with Crippen molar-refractivity contribution in [3.8, 4) is 11.5 Å². The summed E-state index contributed by atoms with van der Waals surface area (Å²) in [6.45, 7) is 0.0258. The Balaban J connectivity index is 2.22. The molecule has 0 saturated heterocycles. The number of phenolic OH excluding ortho intramolecular Hbond substituents is 2. The molecule has 2 rings (SSSR count). The lowest BCUT2D eigenvalue weighted by Crippen LogP contribution is -2.23. The molecule has 0 aromatic heterocycles. The number of aromatic hydroxyl groups is 2. The summed E-state index contributed by atoms with van der Waals surface area (Å²) in [7, 11) is -3.93. The molecule has 0 unspecified atom stereocenters. The molecule has 3 N–H and O–H groups in total. The molecule has 0 heterocycles. The minimum Gasteiger partial charge on any atom is -0.504 e. The zero-order valence-corrected chi connectivity index (χ0v) is 11.8. The van der Waals surface area contributed by atoms with E-state index in [2.05, 4.69) is 4.72 Å². The SMILES string of the molecule is O=S(=O)(NCc1cccc(Cl)c1)c1cccc(O)c1O. The second-order valence-corrected chi connectivity index (χ2v) is 6.25. The van der Waals surface area contributed by atoms with Gasteiger partial charge in [-0.2, -0.15) is 0 Å². The number of benzene rings is 2. The van der Waals surface area contributed by atoms with Crippen molar-refractivity contribution >= 4 is 21.6 Å². The van der Waals surface area contributed by atoms with E-state index in [1.165, 1.54) is 18.2 Å². The van der Waals surface area contributed by atoms with E-state index in [9.17, 15) is 18.6 Å². The average molecular weight is 314 g/mol. The van der Waals surface area contributed by atoms with Gasteiger partial charge in [0.1, 0.15) is 4.90 Å². The van der Waals surface area contributed by atoms with Crippen molar-refractivity contribution < 1.29 is 18.6 Å². The first-order valence-electron chi connectivity index (χ1n) is 5.65. The van der Waals surface area contributed by atoms with Gasteiger partial charge < -0.3 is 10.2 Å². The number of halogens is 1. The fourth-order valence-electron chi connectivity index (χ4n) is 1.63. The highest BCUT2D eigenvalue weighted by Gasteiger charge is 2.20. The summed E-state index contributed by atoms with van der Waals surface area (Å²) in [6, 6.07) is 10.5. The Labute approximate surface area is 121 Å². The molecule has 0 aliphatic rings. The van der Waals surface area contributed by atoms with Gasteiger partial charge in [-0.25, -0.2) is 13.1 Å². The Bertz CT molecular complexity index is 731. The maximum Gasteiger partial charge on any atom is 0.244 e. The van der Waals surface area contributed by atoms with Crippen molar-refractivity contribution in [3.05, 3.63) is 53.1 Å². The Morgan fingerprint density at radius 2 is 1.80 bits per heavy atom. The minimum atomic E-state index is -3.93. The number of sulfonamides is 1. The van der Waals surface area contributed by atoms with E-state index in [1.807, 2.05) is 0 Å². The Morgan fingerprint density at radius 1 is 1.10 bits per heavy atom. The highest BCUT2D eigenvalue weighted by atomic mass is 35.5. The smallest absolute Gasteiger partial charge is 0.244 e. The summed E-state index contributed by atoms with van der Waals surface area (Å²) in [5.41, 5.74) is 0.681. The van der Waals surface area contributed by atoms with Crippen LogP contribution in [-0.4, -0.2) is 18.6 Å². The summed E-state index contributed by atoms with van der Waals surface area (Å²) in [6.07, 6.45) is 0. The number of hydrogen-bond donors (Lipinski definition) is 3. The molecular formula is C13H12ClNO4S. The molecule has 5 nitrogen and oxygen atoms in total. The third-order valence-electron chi connectivity index (χ3n) is 2.62. The summed E-state index contributed by atoms with van der Waals surface area (Å²) in [5, 5.41) is 19.4. The van der Waals surface area contributed by atoms with Gasteiger partial charge in [-0.1, -0.05) is 29.8 Å². The number of phenols is 2. The normalized spacial score (nSPS) is 11.4. The van der Waals surface area contributed by atoms with Crippen LogP contribution in [-0.2, 0) is 16.6 Å². The van der Waals surface area contributed by atoms with E-state index in [0.717, 1.165) is 0 Å². The third-order valence-corrected chi connectivity index (χ3v) is 4.29. The Hall–Kier alpha value is -1.76. The molecule has 0 amide bonds. The van der Waals surface area contributed by atoms with Crippen molar-refractivity contribution in [2.45, 2.75) is 11.4 Å². The van der Waals surface area contributed by atoms with Gasteiger partial charge >= 0.3 is 0 Å². The maximum absolute atomic E-state index is 12.0. The third kappa shape index (κ3) is 3.22. The zero-order chi connectivity index (χ0) is 14.8. The van der Waals surface area contributed by atoms with Gasteiger partial charge in [0, 0.05) is 11.6 Å². The Morgan fingerprint density at radius 3 is 2.50 bits per heavy atom. The Kier molecular flexibility index (Phi) is 4.17. The molecule has 0 radical (unpaired) electrons. The van der Waals surface area contributed by atoms with Crippen LogP contribution in [0.5, 0.6) is 11.5 Å². The number of para-hydroxylation sites is 1. The first-order valence-corrected chi connectivity index (χ1v) is 7.51. The van der Waals surface area contributed by atoms with Crippen LogP contribution in [0.25, 0.3) is 0 Å². The van der Waals surface area contributed by atoms with Gasteiger partial charge in [-0.05, 0) is 29.8 Å². The number of rotatable bonds is 4. The molecule has 0 fully saturated rings. The molecule has 0 aliphatic heterocycles. The molecular weight excluding hydrogens is 302 g/mol. The topological polar surface area (TPSA) is 86.6 Å². The van der Waals surface area contributed by atoms with E-state index in [4.69, 9.17) is 11.6 Å². The van der Waals surface area contributed by atoms with Crippen molar-refractivity contribution in [2.75, 3.05) is 0 Å². The summed E-state index contributed by atoms with van der Waals surface area (Å²) < 4.78 is 26.4. The monoisotopic (exact) mass is 313 g/mol. The fraction of sp³-hybridized carbons (Fsp3) is 0.0769. The van der Waals surface area contributed by atoms with Crippen LogP contribution >= 0.6 is 11.6 Å². The highest BCUT2D eigenvalue weighted by molar-refractivity contribution is 7.89. The molecule has 0 aliphatic carbocycles. The van der Waals surface area contributed by atoms with E-state index >= 15 is 0 Å². The van der Waals surface area contributed by atoms with E-state index < -0.39 is 21.5 Å². The molecule has 0 bridgehead atoms. The second-order valence-electron chi connectivity index (χ2n) is 4.08. The molecule has 0 atom stereocenters. The van der Waals surface area contributed by atoms with Crippen LogP contribution in [0.4, 0.5) is 0 Å². The van der Waals surface area contributed by atoms with Crippen LogP contribution in [0.2, 0.25) is 5.02 Å².